The van der Waals surface area contributed by atoms with Crippen molar-refractivity contribution in [1.82, 2.24) is 31.1 Å². The fraction of sp³-hybridized carbons (Fsp3) is 0.519. The second kappa shape index (κ2) is 23.9. The van der Waals surface area contributed by atoms with Crippen LogP contribution in [0.25, 0.3) is 11.1 Å². The fourth-order valence-electron chi connectivity index (χ4n) is 9.77. The summed E-state index contributed by atoms with van der Waals surface area (Å²) >= 11 is 0. The van der Waals surface area contributed by atoms with Gasteiger partial charge in [-0.2, -0.15) is 0 Å². The molecule has 0 aromatic heterocycles. The molecule has 0 bridgehead atoms. The Kier molecular flexibility index (Phi) is 18.0. The minimum absolute atomic E-state index is 0.0225. The summed E-state index contributed by atoms with van der Waals surface area (Å²) in [5, 5.41) is 11.2. The van der Waals surface area contributed by atoms with Crippen LogP contribution in [0, 0.1) is 11.8 Å². The number of carbonyl (C=O) groups is 8. The Balaban J connectivity index is 1.15. The first-order chi connectivity index (χ1) is 33.8. The third-order valence-corrected chi connectivity index (χ3v) is 13.4. The molecule has 3 aromatic rings. The van der Waals surface area contributed by atoms with Gasteiger partial charge in [0.05, 0.1) is 6.42 Å². The number of esters is 1. The second-order valence-electron chi connectivity index (χ2n) is 20.4. The van der Waals surface area contributed by atoms with Gasteiger partial charge in [-0.25, -0.2) is 9.59 Å². The zero-order valence-electron chi connectivity index (χ0n) is 42.0. The quantitative estimate of drug-likeness (QED) is 0.0963. The Hall–Kier alpha value is -6.78. The standard InChI is InChI=1S/C54H71N7O10/c1-8-33(4)46(49(65)57-41(28-32(2)3)50(66)61-27-17-25-44(61)52(68)71-54(5,6)7)59-47(63)40(29-34-18-10-9-11-19-34)56-48(64)43-24-16-26-60(43)51(67)42(30-45(55)62)58-53(69)70-31-39-37-22-14-12-20-35(37)36-21-13-15-23-38(36)39/h9-15,18-23,32-33,39-44,46H,8,16-17,24-31H2,1-7H3,(H2,55,62)(H,56,64)(H,57,65)(H,58,69)(H,59,63)/t33-,40-,41-,42-,43-,44-,46-/m0/s1. The Morgan fingerprint density at radius 2 is 1.25 bits per heavy atom. The van der Waals surface area contributed by atoms with E-state index >= 15 is 0 Å². The van der Waals surface area contributed by atoms with Crippen molar-refractivity contribution in [1.29, 1.82) is 0 Å². The molecule has 6 N–H and O–H groups in total. The number of benzene rings is 3. The molecule has 0 saturated carbocycles. The van der Waals surface area contributed by atoms with Crippen LogP contribution in [-0.2, 0) is 49.5 Å². The number of carbonyl (C=O) groups excluding carboxylic acids is 8. The van der Waals surface area contributed by atoms with Gasteiger partial charge in [-0.3, -0.25) is 28.8 Å². The first-order valence-electron chi connectivity index (χ1n) is 24.9. The molecule has 2 aliphatic heterocycles. The van der Waals surface area contributed by atoms with E-state index in [1.165, 1.54) is 9.80 Å². The summed E-state index contributed by atoms with van der Waals surface area (Å²) in [7, 11) is 0. The zero-order valence-corrected chi connectivity index (χ0v) is 42.0. The smallest absolute Gasteiger partial charge is 0.407 e. The van der Waals surface area contributed by atoms with E-state index in [-0.39, 0.29) is 44.2 Å². The van der Waals surface area contributed by atoms with Gasteiger partial charge in [-0.1, -0.05) is 113 Å². The molecule has 0 radical (unpaired) electrons. The van der Waals surface area contributed by atoms with Crippen LogP contribution in [0.15, 0.2) is 78.9 Å². The fourth-order valence-corrected chi connectivity index (χ4v) is 9.77. The van der Waals surface area contributed by atoms with Crippen LogP contribution in [0.5, 0.6) is 0 Å². The third-order valence-electron chi connectivity index (χ3n) is 13.4. The molecule has 17 heteroatoms. The summed E-state index contributed by atoms with van der Waals surface area (Å²) in [5.41, 5.74) is 9.59. The number of likely N-dealkylation sites (tertiary alicyclic amines) is 2. The van der Waals surface area contributed by atoms with Crippen LogP contribution in [0.1, 0.15) is 116 Å². The van der Waals surface area contributed by atoms with E-state index in [9.17, 15) is 38.4 Å². The summed E-state index contributed by atoms with van der Waals surface area (Å²) in [6, 6.07) is 18.0. The number of hydrogen-bond acceptors (Lipinski definition) is 10. The molecule has 71 heavy (non-hydrogen) atoms. The molecule has 2 saturated heterocycles. The number of hydrogen-bond donors (Lipinski definition) is 5. The first-order valence-corrected chi connectivity index (χ1v) is 24.9. The van der Waals surface area contributed by atoms with Crippen molar-refractivity contribution in [2.75, 3.05) is 19.7 Å². The summed E-state index contributed by atoms with van der Waals surface area (Å²) in [5.74, 6) is -5.11. The molecule has 2 fully saturated rings. The van der Waals surface area contributed by atoms with Crippen molar-refractivity contribution >= 4 is 47.5 Å². The molecule has 2 heterocycles. The number of fused-ring (bicyclic) bond motifs is 3. The summed E-state index contributed by atoms with van der Waals surface area (Å²) in [6.45, 7) is 13.2. The van der Waals surface area contributed by atoms with Crippen molar-refractivity contribution in [3.63, 3.8) is 0 Å². The molecule has 7 atom stereocenters. The molecular weight excluding hydrogens is 907 g/mol. The maximum atomic E-state index is 14.5. The SMILES string of the molecule is CC[C@H](C)[C@H](NC(=O)[C@H](Cc1ccccc1)NC(=O)[C@@H]1CCCN1C(=O)[C@H](CC(N)=O)NC(=O)OCC1c2ccccc2-c2ccccc21)C(=O)N[C@@H](CC(C)C)C(=O)N1CCC[C@H]1C(=O)OC(C)(C)C. The number of ether oxygens (including phenoxy) is 2. The maximum absolute atomic E-state index is 14.5. The predicted molar refractivity (Wildman–Crippen MR) is 266 cm³/mol. The van der Waals surface area contributed by atoms with Crippen molar-refractivity contribution < 1.29 is 47.8 Å². The van der Waals surface area contributed by atoms with Crippen molar-refractivity contribution in [3.05, 3.63) is 95.6 Å². The lowest BCUT2D eigenvalue weighted by molar-refractivity contribution is -0.163. The van der Waals surface area contributed by atoms with Crippen LogP contribution < -0.4 is 27.0 Å². The van der Waals surface area contributed by atoms with E-state index in [1.807, 2.05) is 75.4 Å². The number of rotatable bonds is 20. The van der Waals surface area contributed by atoms with Crippen LogP contribution in [0.4, 0.5) is 4.79 Å². The van der Waals surface area contributed by atoms with Gasteiger partial charge in [0.1, 0.15) is 48.5 Å². The van der Waals surface area contributed by atoms with E-state index in [0.717, 1.165) is 22.3 Å². The molecular formula is C54H71N7O10. The van der Waals surface area contributed by atoms with Gasteiger partial charge in [0, 0.05) is 25.4 Å². The highest BCUT2D eigenvalue weighted by molar-refractivity contribution is 5.98. The normalized spacial score (nSPS) is 18.5. The van der Waals surface area contributed by atoms with Gasteiger partial charge >= 0.3 is 12.1 Å². The summed E-state index contributed by atoms with van der Waals surface area (Å²) in [4.78, 5) is 113. The highest BCUT2D eigenvalue weighted by Gasteiger charge is 2.43. The Labute approximate surface area is 416 Å². The minimum atomic E-state index is -1.45. The largest absolute Gasteiger partial charge is 0.458 e. The molecule has 0 spiro atoms. The molecule has 6 rings (SSSR count). The van der Waals surface area contributed by atoms with Gasteiger partial charge < -0.3 is 46.3 Å². The van der Waals surface area contributed by atoms with Crippen molar-refractivity contribution in [2.45, 2.75) is 148 Å². The number of nitrogens with two attached hydrogens (primary N) is 1. The minimum Gasteiger partial charge on any atom is -0.458 e. The second-order valence-corrected chi connectivity index (χ2v) is 20.4. The maximum Gasteiger partial charge on any atom is 0.407 e. The van der Waals surface area contributed by atoms with Gasteiger partial charge in [0.15, 0.2) is 0 Å². The Bertz CT molecular complexity index is 2380. The lowest BCUT2D eigenvalue weighted by Gasteiger charge is -2.33. The van der Waals surface area contributed by atoms with E-state index < -0.39 is 102 Å². The number of alkyl carbamates (subject to hydrolysis) is 1. The van der Waals surface area contributed by atoms with Gasteiger partial charge in [0.2, 0.25) is 35.4 Å². The Morgan fingerprint density at radius 3 is 1.83 bits per heavy atom. The highest BCUT2D eigenvalue weighted by Crippen LogP contribution is 2.44. The lowest BCUT2D eigenvalue weighted by Crippen LogP contribution is -2.61. The molecule has 3 aromatic carbocycles. The average Bonchev–Trinajstić information content (AvgIpc) is 4.10. The van der Waals surface area contributed by atoms with Crippen LogP contribution in [0.2, 0.25) is 0 Å². The van der Waals surface area contributed by atoms with Gasteiger partial charge in [-0.05, 0) is 92.5 Å². The lowest BCUT2D eigenvalue weighted by atomic mass is 9.95. The van der Waals surface area contributed by atoms with Crippen molar-refractivity contribution in [3.8, 4) is 11.1 Å². The molecule has 17 nitrogen and oxygen atoms in total. The monoisotopic (exact) mass is 978 g/mol. The molecule has 1 aliphatic carbocycles. The van der Waals surface area contributed by atoms with Crippen molar-refractivity contribution in [2.24, 2.45) is 17.6 Å². The number of nitrogens with one attached hydrogen (secondary N) is 4. The topological polar surface area (TPSA) is 236 Å². The Morgan fingerprint density at radius 1 is 0.690 bits per heavy atom. The van der Waals surface area contributed by atoms with E-state index in [4.69, 9.17) is 15.2 Å². The average molecular weight is 978 g/mol. The van der Waals surface area contributed by atoms with Crippen LogP contribution in [-0.4, -0.2) is 119 Å². The van der Waals surface area contributed by atoms with Crippen LogP contribution in [0.3, 0.4) is 0 Å². The van der Waals surface area contributed by atoms with E-state index in [2.05, 4.69) is 21.3 Å². The predicted octanol–water partition coefficient (Wildman–Crippen LogP) is 4.88. The highest BCUT2D eigenvalue weighted by atomic mass is 16.6. The van der Waals surface area contributed by atoms with E-state index in [0.29, 0.717) is 37.8 Å². The summed E-state index contributed by atoms with van der Waals surface area (Å²) in [6.07, 6.45) is 0.935. The third kappa shape index (κ3) is 13.8. The van der Waals surface area contributed by atoms with Gasteiger partial charge in [-0.15, -0.1) is 0 Å². The van der Waals surface area contributed by atoms with Crippen LogP contribution >= 0.6 is 0 Å². The number of amides is 7. The number of primary amides is 1. The number of nitrogens with zero attached hydrogens (tertiary/aromatic N) is 2. The summed E-state index contributed by atoms with van der Waals surface area (Å²) < 4.78 is 11.3. The molecule has 7 amide bonds. The van der Waals surface area contributed by atoms with E-state index in [1.54, 1.807) is 52.0 Å². The molecule has 3 aliphatic rings. The molecule has 382 valence electrons. The zero-order chi connectivity index (χ0) is 51.6. The first kappa shape index (κ1) is 53.6. The van der Waals surface area contributed by atoms with Gasteiger partial charge in [0.25, 0.3) is 0 Å². The molecule has 0 unspecified atom stereocenters.